The zero-order valence-corrected chi connectivity index (χ0v) is 32.5. The van der Waals surface area contributed by atoms with Gasteiger partial charge in [-0.3, -0.25) is 0 Å². The highest BCUT2D eigenvalue weighted by Gasteiger charge is 2.14. The van der Waals surface area contributed by atoms with Crippen molar-refractivity contribution in [1.29, 1.82) is 0 Å². The monoisotopic (exact) mass is 696 g/mol. The maximum atomic E-state index is 6.50. The van der Waals surface area contributed by atoms with E-state index in [1.807, 2.05) is 0 Å². The van der Waals surface area contributed by atoms with Crippen LogP contribution >= 0.6 is 0 Å². The Labute approximate surface area is 314 Å². The van der Waals surface area contributed by atoms with Crippen molar-refractivity contribution < 1.29 is 9.47 Å². The highest BCUT2D eigenvalue weighted by Crippen LogP contribution is 2.42. The third kappa shape index (κ3) is 9.80. The number of hydrogen-bond donors (Lipinski definition) is 0. The van der Waals surface area contributed by atoms with Crippen LogP contribution in [0.3, 0.4) is 0 Å². The molecule has 0 aliphatic carbocycles. The van der Waals surface area contributed by atoms with Gasteiger partial charge in [0.2, 0.25) is 0 Å². The largest absolute Gasteiger partial charge is 0.493 e. The minimum atomic E-state index is 0.776. The minimum Gasteiger partial charge on any atom is -0.493 e. The molecule has 0 aromatic heterocycles. The predicted molar refractivity (Wildman–Crippen MR) is 229 cm³/mol. The lowest BCUT2D eigenvalue weighted by atomic mass is 9.90. The van der Waals surface area contributed by atoms with Crippen LogP contribution in [-0.4, -0.2) is 13.2 Å². The van der Waals surface area contributed by atoms with Crippen molar-refractivity contribution in [2.45, 2.75) is 142 Å². The van der Waals surface area contributed by atoms with Crippen molar-refractivity contribution in [1.82, 2.24) is 0 Å². The van der Waals surface area contributed by atoms with Gasteiger partial charge in [0, 0.05) is 10.8 Å². The van der Waals surface area contributed by atoms with E-state index in [9.17, 15) is 0 Å². The summed E-state index contributed by atoms with van der Waals surface area (Å²) in [5, 5.41) is 12.7. The Hall–Kier alpha value is -3.78. The van der Waals surface area contributed by atoms with E-state index < -0.39 is 0 Å². The molecule has 0 aliphatic heterocycles. The third-order valence-electron chi connectivity index (χ3n) is 11.3. The molecule has 2 nitrogen and oxygen atoms in total. The smallest absolute Gasteiger partial charge is 0.127 e. The fourth-order valence-electron chi connectivity index (χ4n) is 8.32. The second-order valence-corrected chi connectivity index (χ2v) is 15.3. The summed E-state index contributed by atoms with van der Waals surface area (Å²) < 4.78 is 13.0. The van der Waals surface area contributed by atoms with E-state index in [0.29, 0.717) is 0 Å². The van der Waals surface area contributed by atoms with Gasteiger partial charge in [-0.2, -0.15) is 0 Å². The molecule has 0 heterocycles. The summed E-state index contributed by atoms with van der Waals surface area (Å²) in [6.45, 7) is 6.13. The van der Waals surface area contributed by atoms with Gasteiger partial charge in [0.25, 0.3) is 0 Å². The van der Waals surface area contributed by atoms with Crippen LogP contribution < -0.4 is 9.47 Å². The quantitative estimate of drug-likeness (QED) is 0.0463. The van der Waals surface area contributed by atoms with Gasteiger partial charge in [-0.1, -0.05) is 202 Å². The summed E-state index contributed by atoms with van der Waals surface area (Å²) in [5.74, 6) is 2.00. The molecule has 6 aromatic carbocycles. The van der Waals surface area contributed by atoms with Crippen LogP contribution in [0.5, 0.6) is 11.5 Å². The molecule has 0 fully saturated rings. The van der Waals surface area contributed by atoms with E-state index in [4.69, 9.17) is 9.47 Å². The SMILES string of the molecule is CCCCCCCCCCCCOc1cccc2c1ccc1ccc3ccc4ccc5c(OCCCCCCCCCCCC)cccc5c4c3c12. The van der Waals surface area contributed by atoms with Gasteiger partial charge < -0.3 is 9.47 Å². The molecule has 0 saturated heterocycles. The normalized spacial score (nSPS) is 11.8. The molecular weight excluding hydrogens is 633 g/mol. The Balaban J connectivity index is 1.17. The lowest BCUT2D eigenvalue weighted by Crippen LogP contribution is -1.98. The van der Waals surface area contributed by atoms with Crippen LogP contribution in [0, 0.1) is 0 Å². The molecule has 0 radical (unpaired) electrons. The highest BCUT2D eigenvalue weighted by molar-refractivity contribution is 6.32. The topological polar surface area (TPSA) is 18.5 Å². The standard InChI is InChI=1S/C50H64O2/c1-3-5-7-9-11-13-15-17-19-21-37-51-46-27-23-25-44-42(46)35-33-39-29-31-41-32-30-40-34-36-43-45(49(40)50(41)48(39)44)26-24-28-47(43)52-38-22-20-18-16-14-12-10-8-6-4-2/h23-36H,3-22,37-38H2,1-2H3. The zero-order valence-electron chi connectivity index (χ0n) is 32.5. The first-order chi connectivity index (χ1) is 25.8. The van der Waals surface area contributed by atoms with E-state index in [-0.39, 0.29) is 0 Å². The molecule has 2 heteroatoms. The summed E-state index contributed by atoms with van der Waals surface area (Å²) in [6.07, 6.45) is 26.7. The Morgan fingerprint density at radius 3 is 1.02 bits per heavy atom. The first kappa shape index (κ1) is 38.0. The molecule has 0 amide bonds. The van der Waals surface area contributed by atoms with Crippen molar-refractivity contribution >= 4 is 53.9 Å². The summed E-state index contributed by atoms with van der Waals surface area (Å²) in [4.78, 5) is 0. The van der Waals surface area contributed by atoms with Crippen LogP contribution in [0.25, 0.3) is 53.9 Å². The van der Waals surface area contributed by atoms with E-state index in [1.54, 1.807) is 0 Å². The second kappa shape index (κ2) is 20.5. The van der Waals surface area contributed by atoms with Gasteiger partial charge in [0.05, 0.1) is 13.2 Å². The van der Waals surface area contributed by atoms with Crippen molar-refractivity contribution in [3.63, 3.8) is 0 Å². The maximum absolute atomic E-state index is 6.50. The van der Waals surface area contributed by atoms with Gasteiger partial charge in [-0.25, -0.2) is 0 Å². The lowest BCUT2D eigenvalue weighted by Gasteiger charge is -2.16. The summed E-state index contributed by atoms with van der Waals surface area (Å²) in [7, 11) is 0. The van der Waals surface area contributed by atoms with E-state index in [2.05, 4.69) is 98.8 Å². The summed E-state index contributed by atoms with van der Waals surface area (Å²) >= 11 is 0. The van der Waals surface area contributed by atoms with Crippen LogP contribution in [0.15, 0.2) is 84.9 Å². The van der Waals surface area contributed by atoms with E-state index in [1.165, 1.54) is 169 Å². The van der Waals surface area contributed by atoms with Crippen LogP contribution in [0.4, 0.5) is 0 Å². The Morgan fingerprint density at radius 1 is 0.308 bits per heavy atom. The molecular formula is C50H64O2. The number of rotatable bonds is 24. The van der Waals surface area contributed by atoms with E-state index >= 15 is 0 Å². The molecule has 0 N–H and O–H groups in total. The van der Waals surface area contributed by atoms with Crippen molar-refractivity contribution in [2.24, 2.45) is 0 Å². The predicted octanol–water partition coefficient (Wildman–Crippen LogP) is 16.1. The number of fused-ring (bicyclic) bond motifs is 9. The number of unbranched alkanes of at least 4 members (excludes halogenated alkanes) is 18. The second-order valence-electron chi connectivity index (χ2n) is 15.3. The van der Waals surface area contributed by atoms with Crippen molar-refractivity contribution in [3.8, 4) is 11.5 Å². The Kier molecular flexibility index (Phi) is 14.9. The molecule has 276 valence electrons. The molecule has 0 atom stereocenters. The molecule has 0 saturated carbocycles. The van der Waals surface area contributed by atoms with Crippen LogP contribution in [0.1, 0.15) is 142 Å². The van der Waals surface area contributed by atoms with Crippen LogP contribution in [-0.2, 0) is 0 Å². The average molecular weight is 697 g/mol. The van der Waals surface area contributed by atoms with Gasteiger partial charge >= 0.3 is 0 Å². The van der Waals surface area contributed by atoms with Gasteiger partial charge in [0.15, 0.2) is 0 Å². The van der Waals surface area contributed by atoms with Gasteiger partial charge in [0.1, 0.15) is 11.5 Å². The van der Waals surface area contributed by atoms with Crippen molar-refractivity contribution in [3.05, 3.63) is 84.9 Å². The highest BCUT2D eigenvalue weighted by atomic mass is 16.5. The molecule has 52 heavy (non-hydrogen) atoms. The maximum Gasteiger partial charge on any atom is 0.127 e. The molecule has 0 aliphatic rings. The third-order valence-corrected chi connectivity index (χ3v) is 11.3. The fourth-order valence-corrected chi connectivity index (χ4v) is 8.32. The molecule has 0 bridgehead atoms. The molecule has 0 unspecified atom stereocenters. The number of hydrogen-bond acceptors (Lipinski definition) is 2. The Bertz CT molecular complexity index is 1850. The first-order valence-corrected chi connectivity index (χ1v) is 21.3. The van der Waals surface area contributed by atoms with Gasteiger partial charge in [-0.05, 0) is 68.1 Å². The first-order valence-electron chi connectivity index (χ1n) is 21.3. The molecule has 6 rings (SSSR count). The zero-order chi connectivity index (χ0) is 35.8. The number of ether oxygens (including phenoxy) is 2. The fraction of sp³-hybridized carbons (Fsp3) is 0.480. The lowest BCUT2D eigenvalue weighted by molar-refractivity contribution is 0.307. The van der Waals surface area contributed by atoms with Crippen molar-refractivity contribution in [2.75, 3.05) is 13.2 Å². The summed E-state index contributed by atoms with van der Waals surface area (Å²) in [5.41, 5.74) is 0. The minimum absolute atomic E-state index is 0.776. The van der Waals surface area contributed by atoms with E-state index in [0.717, 1.165) is 37.6 Å². The van der Waals surface area contributed by atoms with Crippen LogP contribution in [0.2, 0.25) is 0 Å². The molecule has 0 spiro atoms. The summed E-state index contributed by atoms with van der Waals surface area (Å²) in [6, 6.07) is 31.5. The average Bonchev–Trinajstić information content (AvgIpc) is 3.18. The molecule has 6 aromatic rings. The van der Waals surface area contributed by atoms with Gasteiger partial charge in [-0.15, -0.1) is 0 Å². The Morgan fingerprint density at radius 2 is 0.635 bits per heavy atom. The number of benzene rings is 6.